The Morgan fingerprint density at radius 3 is 2.74 bits per heavy atom. The fraction of sp³-hybridized carbons (Fsp3) is 0.0833. The minimum Gasteiger partial charge on any atom is -0.457 e. The van der Waals surface area contributed by atoms with Gasteiger partial charge in [-0.25, -0.2) is 0 Å². The average molecular weight is 493 g/mol. The number of aryl methyl sites for hydroxylation is 1. The van der Waals surface area contributed by atoms with Crippen molar-refractivity contribution in [1.82, 2.24) is 10.2 Å². The number of non-ortho nitro benzene ring substituents is 1. The third-order valence-electron chi connectivity index (χ3n) is 5.22. The lowest BCUT2D eigenvalue weighted by atomic mass is 10.1. The van der Waals surface area contributed by atoms with E-state index in [4.69, 9.17) is 25.8 Å². The number of nitrogens with zero attached hydrogens (tertiary/aromatic N) is 2. The Morgan fingerprint density at radius 2 is 1.94 bits per heavy atom. The molecular weight excluding hydrogens is 476 g/mol. The third kappa shape index (κ3) is 4.73. The molecule has 0 atom stereocenters. The number of rotatable bonds is 6. The van der Waals surface area contributed by atoms with Gasteiger partial charge in [0.15, 0.2) is 11.5 Å². The van der Waals surface area contributed by atoms with Crippen molar-refractivity contribution in [2.75, 3.05) is 12.1 Å². The van der Waals surface area contributed by atoms with Crippen LogP contribution in [0.2, 0.25) is 5.02 Å². The van der Waals surface area contributed by atoms with Crippen LogP contribution in [0.4, 0.5) is 11.4 Å². The zero-order chi connectivity index (χ0) is 24.5. The second-order valence-electron chi connectivity index (χ2n) is 7.67. The van der Waals surface area contributed by atoms with Crippen LogP contribution in [0, 0.1) is 17.0 Å². The number of carbonyl (C=O) groups excluding carboxylic acids is 1. The van der Waals surface area contributed by atoms with Crippen LogP contribution in [-0.2, 0) is 0 Å². The number of aromatic nitrogens is 2. The summed E-state index contributed by atoms with van der Waals surface area (Å²) in [6, 6.07) is 15.9. The summed E-state index contributed by atoms with van der Waals surface area (Å²) in [5.74, 6) is 1.37. The molecule has 0 saturated heterocycles. The van der Waals surface area contributed by atoms with E-state index in [-0.39, 0.29) is 29.6 Å². The van der Waals surface area contributed by atoms with Crippen LogP contribution in [0.1, 0.15) is 16.1 Å². The number of nitro groups is 1. The standard InChI is InChI=1S/C24H17ClN4O6/c1-13-6-15(25)3-5-21(13)35-18-9-16(8-17(10-18)29(31)32)26-24(30)20-11-19(27-28-20)14-2-4-22-23(7-14)34-12-33-22/h2-11H,12H2,1H3,(H,26,30)(H,27,28). The minimum absolute atomic E-state index is 0.152. The first-order valence-electron chi connectivity index (χ1n) is 10.4. The highest BCUT2D eigenvalue weighted by atomic mass is 35.5. The molecule has 0 aliphatic carbocycles. The maximum Gasteiger partial charge on any atom is 0.275 e. The van der Waals surface area contributed by atoms with Crippen LogP contribution in [-0.4, -0.2) is 27.8 Å². The van der Waals surface area contributed by atoms with Crippen molar-refractivity contribution in [3.63, 3.8) is 0 Å². The Bertz CT molecular complexity index is 1470. The number of hydrogen-bond donors (Lipinski definition) is 2. The smallest absolute Gasteiger partial charge is 0.275 e. The lowest BCUT2D eigenvalue weighted by Crippen LogP contribution is -2.12. The number of amides is 1. The quantitative estimate of drug-likeness (QED) is 0.260. The summed E-state index contributed by atoms with van der Waals surface area (Å²) in [4.78, 5) is 23.7. The molecule has 0 bridgehead atoms. The van der Waals surface area contributed by atoms with Crippen molar-refractivity contribution < 1.29 is 23.9 Å². The molecule has 176 valence electrons. The molecule has 1 aromatic heterocycles. The number of benzene rings is 3. The van der Waals surface area contributed by atoms with E-state index < -0.39 is 10.8 Å². The van der Waals surface area contributed by atoms with Crippen molar-refractivity contribution >= 4 is 28.9 Å². The summed E-state index contributed by atoms with van der Waals surface area (Å²) in [6.07, 6.45) is 0. The monoisotopic (exact) mass is 492 g/mol. The molecule has 11 heteroatoms. The summed E-state index contributed by atoms with van der Waals surface area (Å²) in [7, 11) is 0. The highest BCUT2D eigenvalue weighted by Gasteiger charge is 2.18. The molecule has 5 rings (SSSR count). The number of H-pyrrole nitrogens is 1. The van der Waals surface area contributed by atoms with Crippen LogP contribution < -0.4 is 19.5 Å². The number of fused-ring (bicyclic) bond motifs is 1. The highest BCUT2D eigenvalue weighted by molar-refractivity contribution is 6.30. The molecule has 2 heterocycles. The predicted molar refractivity (Wildman–Crippen MR) is 127 cm³/mol. The van der Waals surface area contributed by atoms with Crippen LogP contribution >= 0.6 is 11.6 Å². The Morgan fingerprint density at radius 1 is 1.11 bits per heavy atom. The molecule has 2 N–H and O–H groups in total. The van der Waals surface area contributed by atoms with E-state index in [1.165, 1.54) is 18.2 Å². The van der Waals surface area contributed by atoms with Gasteiger partial charge in [0.25, 0.3) is 11.6 Å². The van der Waals surface area contributed by atoms with Gasteiger partial charge in [-0.2, -0.15) is 5.10 Å². The van der Waals surface area contributed by atoms with E-state index in [0.717, 1.165) is 11.1 Å². The molecule has 4 aromatic rings. The van der Waals surface area contributed by atoms with Gasteiger partial charge in [-0.3, -0.25) is 20.0 Å². The summed E-state index contributed by atoms with van der Waals surface area (Å²) in [6.45, 7) is 1.96. The molecule has 1 amide bonds. The van der Waals surface area contributed by atoms with Gasteiger partial charge in [0.2, 0.25) is 6.79 Å². The second kappa shape index (κ2) is 8.99. The fourth-order valence-corrected chi connectivity index (χ4v) is 3.74. The Hall–Kier alpha value is -4.57. The van der Waals surface area contributed by atoms with Gasteiger partial charge in [-0.15, -0.1) is 0 Å². The molecule has 0 spiro atoms. The molecule has 10 nitrogen and oxygen atoms in total. The minimum atomic E-state index is -0.564. The number of nitrogens with one attached hydrogen (secondary N) is 2. The van der Waals surface area contributed by atoms with E-state index in [2.05, 4.69) is 15.5 Å². The molecular formula is C24H17ClN4O6. The van der Waals surface area contributed by atoms with Crippen LogP contribution in [0.3, 0.4) is 0 Å². The SMILES string of the molecule is Cc1cc(Cl)ccc1Oc1cc(NC(=O)c2cc(-c3ccc4c(c3)OCO4)n[nH]2)cc([N+](=O)[O-])c1. The Labute approximate surface area is 203 Å². The number of halogens is 1. The summed E-state index contributed by atoms with van der Waals surface area (Å²) in [5, 5.41) is 21.5. The van der Waals surface area contributed by atoms with Gasteiger partial charge in [-0.1, -0.05) is 11.6 Å². The number of carbonyl (C=O) groups is 1. The van der Waals surface area contributed by atoms with Gasteiger partial charge in [0.1, 0.15) is 17.2 Å². The topological polar surface area (TPSA) is 129 Å². The molecule has 0 unspecified atom stereocenters. The Balaban J connectivity index is 1.37. The summed E-state index contributed by atoms with van der Waals surface area (Å²) < 4.78 is 16.5. The normalized spacial score (nSPS) is 11.8. The number of hydrogen-bond acceptors (Lipinski definition) is 7. The number of anilines is 1. The van der Waals surface area contributed by atoms with Gasteiger partial charge in [-0.05, 0) is 55.0 Å². The number of ether oxygens (including phenoxy) is 3. The van der Waals surface area contributed by atoms with Crippen molar-refractivity contribution in [2.45, 2.75) is 6.92 Å². The third-order valence-corrected chi connectivity index (χ3v) is 5.45. The fourth-order valence-electron chi connectivity index (χ4n) is 3.51. The van der Waals surface area contributed by atoms with E-state index in [1.54, 1.807) is 49.4 Å². The van der Waals surface area contributed by atoms with Crippen molar-refractivity contribution in [3.8, 4) is 34.3 Å². The van der Waals surface area contributed by atoms with E-state index in [1.807, 2.05) is 0 Å². The second-order valence-corrected chi connectivity index (χ2v) is 8.11. The van der Waals surface area contributed by atoms with Crippen molar-refractivity contribution in [2.24, 2.45) is 0 Å². The number of aromatic amines is 1. The van der Waals surface area contributed by atoms with Gasteiger partial charge in [0.05, 0.1) is 22.4 Å². The lowest BCUT2D eigenvalue weighted by Gasteiger charge is -2.11. The first-order chi connectivity index (χ1) is 16.9. The maximum atomic E-state index is 12.8. The molecule has 0 saturated carbocycles. The van der Waals surface area contributed by atoms with Gasteiger partial charge < -0.3 is 19.5 Å². The van der Waals surface area contributed by atoms with E-state index >= 15 is 0 Å². The summed E-state index contributed by atoms with van der Waals surface area (Å²) >= 11 is 5.98. The average Bonchev–Trinajstić information content (AvgIpc) is 3.50. The van der Waals surface area contributed by atoms with Crippen molar-refractivity contribution in [3.05, 3.63) is 87.1 Å². The first kappa shape index (κ1) is 22.2. The zero-order valence-electron chi connectivity index (χ0n) is 18.2. The molecule has 0 fully saturated rings. The lowest BCUT2D eigenvalue weighted by molar-refractivity contribution is -0.384. The predicted octanol–water partition coefficient (Wildman–Crippen LogP) is 5.72. The van der Waals surface area contributed by atoms with Crippen LogP contribution in [0.5, 0.6) is 23.0 Å². The first-order valence-corrected chi connectivity index (χ1v) is 10.7. The van der Waals surface area contributed by atoms with E-state index in [0.29, 0.717) is 28.0 Å². The zero-order valence-corrected chi connectivity index (χ0v) is 19.0. The van der Waals surface area contributed by atoms with Crippen LogP contribution in [0.25, 0.3) is 11.3 Å². The number of nitro benzene ring substituents is 1. The molecule has 1 aliphatic rings. The largest absolute Gasteiger partial charge is 0.457 e. The molecule has 1 aliphatic heterocycles. The molecule has 3 aromatic carbocycles. The molecule has 0 radical (unpaired) electrons. The molecule has 35 heavy (non-hydrogen) atoms. The van der Waals surface area contributed by atoms with Crippen molar-refractivity contribution in [1.29, 1.82) is 0 Å². The van der Waals surface area contributed by atoms with Crippen LogP contribution in [0.15, 0.2) is 60.7 Å². The summed E-state index contributed by atoms with van der Waals surface area (Å²) in [5.41, 5.74) is 2.12. The van der Waals surface area contributed by atoms with Gasteiger partial charge in [0, 0.05) is 22.7 Å². The van der Waals surface area contributed by atoms with Gasteiger partial charge >= 0.3 is 0 Å². The van der Waals surface area contributed by atoms with E-state index in [9.17, 15) is 14.9 Å². The maximum absolute atomic E-state index is 12.8. The Kier molecular flexibility index (Phi) is 5.71. The highest BCUT2D eigenvalue weighted by Crippen LogP contribution is 2.36.